The third kappa shape index (κ3) is 2.81. The van der Waals surface area contributed by atoms with Crippen LogP contribution in [0.4, 0.5) is 0 Å². The van der Waals surface area contributed by atoms with Crippen molar-refractivity contribution in [2.24, 2.45) is 0 Å². The molecule has 0 unspecified atom stereocenters. The first kappa shape index (κ1) is 16.9. The van der Waals surface area contributed by atoms with E-state index >= 15 is 0 Å². The number of carbonyl (C=O) groups excluding carboxylic acids is 1. The Hall–Kier alpha value is -2.58. The third-order valence-electron chi connectivity index (χ3n) is 4.45. The SMILES string of the molecule is O=C(C1=C(NCc2ccco2)c2ccccc2S1(=O)=O)N1CCOCC1. The number of furan rings is 1. The summed E-state index contributed by atoms with van der Waals surface area (Å²) in [6.45, 7) is 1.84. The van der Waals surface area contributed by atoms with Crippen molar-refractivity contribution in [3.05, 3.63) is 58.9 Å². The van der Waals surface area contributed by atoms with Crippen LogP contribution in [0.25, 0.3) is 5.70 Å². The van der Waals surface area contributed by atoms with Gasteiger partial charge in [0.2, 0.25) is 9.84 Å². The fraction of sp³-hybridized carbons (Fsp3) is 0.278. The minimum absolute atomic E-state index is 0.151. The van der Waals surface area contributed by atoms with Crippen LogP contribution in [0, 0.1) is 0 Å². The Morgan fingerprint density at radius 1 is 1.12 bits per heavy atom. The van der Waals surface area contributed by atoms with Gasteiger partial charge in [-0.2, -0.15) is 0 Å². The second-order valence-electron chi connectivity index (χ2n) is 6.04. The number of benzene rings is 1. The van der Waals surface area contributed by atoms with Gasteiger partial charge in [0.15, 0.2) is 4.91 Å². The van der Waals surface area contributed by atoms with Gasteiger partial charge in [-0.1, -0.05) is 18.2 Å². The van der Waals surface area contributed by atoms with Crippen LogP contribution < -0.4 is 5.32 Å². The molecule has 1 aromatic heterocycles. The van der Waals surface area contributed by atoms with Gasteiger partial charge < -0.3 is 19.4 Å². The van der Waals surface area contributed by atoms with E-state index in [-0.39, 0.29) is 16.3 Å². The van der Waals surface area contributed by atoms with Crippen molar-refractivity contribution in [1.82, 2.24) is 10.2 Å². The minimum Gasteiger partial charge on any atom is -0.467 e. The van der Waals surface area contributed by atoms with Crippen molar-refractivity contribution in [1.29, 1.82) is 0 Å². The molecule has 1 amide bonds. The van der Waals surface area contributed by atoms with Gasteiger partial charge in [-0.15, -0.1) is 0 Å². The van der Waals surface area contributed by atoms with Crippen molar-refractivity contribution < 1.29 is 22.4 Å². The van der Waals surface area contributed by atoms with Gasteiger partial charge in [-0.25, -0.2) is 8.42 Å². The lowest BCUT2D eigenvalue weighted by molar-refractivity contribution is -0.130. The molecule has 1 aromatic carbocycles. The smallest absolute Gasteiger partial charge is 0.268 e. The van der Waals surface area contributed by atoms with Crippen LogP contribution in [-0.4, -0.2) is 45.5 Å². The zero-order chi connectivity index (χ0) is 18.1. The van der Waals surface area contributed by atoms with Crippen molar-refractivity contribution >= 4 is 21.4 Å². The highest BCUT2D eigenvalue weighted by Crippen LogP contribution is 2.38. The van der Waals surface area contributed by atoms with E-state index in [1.807, 2.05) is 0 Å². The Morgan fingerprint density at radius 2 is 1.88 bits per heavy atom. The number of hydrogen-bond donors (Lipinski definition) is 1. The number of nitrogens with one attached hydrogen (secondary N) is 1. The number of amides is 1. The van der Waals surface area contributed by atoms with Gasteiger partial charge in [0, 0.05) is 18.7 Å². The molecule has 0 spiro atoms. The van der Waals surface area contributed by atoms with Crippen molar-refractivity contribution in [3.8, 4) is 0 Å². The molecule has 1 N–H and O–H groups in total. The van der Waals surface area contributed by atoms with Crippen LogP contribution in [0.5, 0.6) is 0 Å². The summed E-state index contributed by atoms with van der Waals surface area (Å²) in [4.78, 5) is 14.5. The number of fused-ring (bicyclic) bond motifs is 1. The molecule has 26 heavy (non-hydrogen) atoms. The monoisotopic (exact) mass is 374 g/mol. The second-order valence-corrected chi connectivity index (χ2v) is 7.90. The van der Waals surface area contributed by atoms with Crippen LogP contribution in [0.1, 0.15) is 11.3 Å². The molecule has 0 radical (unpaired) electrons. The molecule has 1 saturated heterocycles. The molecule has 0 atom stereocenters. The van der Waals surface area contributed by atoms with Crippen LogP contribution in [0.15, 0.2) is 56.9 Å². The highest BCUT2D eigenvalue weighted by atomic mass is 32.2. The molecule has 2 aliphatic rings. The Labute approximate surface area is 151 Å². The first-order chi connectivity index (χ1) is 12.6. The van der Waals surface area contributed by atoms with E-state index in [2.05, 4.69) is 5.32 Å². The highest BCUT2D eigenvalue weighted by Gasteiger charge is 2.41. The maximum Gasteiger partial charge on any atom is 0.268 e. The average Bonchev–Trinajstić information content (AvgIpc) is 3.25. The first-order valence-electron chi connectivity index (χ1n) is 8.31. The molecule has 4 rings (SSSR count). The quantitative estimate of drug-likeness (QED) is 0.870. The minimum atomic E-state index is -3.88. The third-order valence-corrected chi connectivity index (χ3v) is 6.30. The van der Waals surface area contributed by atoms with Gasteiger partial charge in [0.25, 0.3) is 5.91 Å². The number of morpholine rings is 1. The summed E-state index contributed by atoms with van der Waals surface area (Å²) in [7, 11) is -3.88. The summed E-state index contributed by atoms with van der Waals surface area (Å²) in [5.41, 5.74) is 0.837. The van der Waals surface area contributed by atoms with Crippen LogP contribution >= 0.6 is 0 Å². The van der Waals surface area contributed by atoms with Gasteiger partial charge in [-0.3, -0.25) is 4.79 Å². The highest BCUT2D eigenvalue weighted by molar-refractivity contribution is 7.97. The van der Waals surface area contributed by atoms with Crippen LogP contribution in [0.3, 0.4) is 0 Å². The van der Waals surface area contributed by atoms with Gasteiger partial charge in [0.05, 0.1) is 36.6 Å². The van der Waals surface area contributed by atoms with E-state index in [1.165, 1.54) is 11.0 Å². The van der Waals surface area contributed by atoms with Gasteiger partial charge in [-0.05, 0) is 18.2 Å². The zero-order valence-electron chi connectivity index (χ0n) is 14.0. The van der Waals surface area contributed by atoms with E-state index in [1.54, 1.807) is 36.6 Å². The lowest BCUT2D eigenvalue weighted by Crippen LogP contribution is -2.42. The number of rotatable bonds is 4. The number of hydrogen-bond acceptors (Lipinski definition) is 6. The molecule has 7 nitrogen and oxygen atoms in total. The van der Waals surface area contributed by atoms with E-state index in [0.29, 0.717) is 43.3 Å². The Kier molecular flexibility index (Phi) is 4.29. The summed E-state index contributed by atoms with van der Waals surface area (Å²) in [5.74, 6) is 0.156. The first-order valence-corrected chi connectivity index (χ1v) is 9.79. The average molecular weight is 374 g/mol. The van der Waals surface area contributed by atoms with Gasteiger partial charge in [0.1, 0.15) is 5.76 Å². The van der Waals surface area contributed by atoms with E-state index in [0.717, 1.165) is 0 Å². The lowest BCUT2D eigenvalue weighted by Gasteiger charge is -2.27. The topological polar surface area (TPSA) is 88.8 Å². The molecular formula is C18H18N2O5S. The summed E-state index contributed by atoms with van der Waals surface area (Å²) >= 11 is 0. The number of sulfone groups is 1. The molecule has 0 bridgehead atoms. The summed E-state index contributed by atoms with van der Waals surface area (Å²) in [6, 6.07) is 10.2. The lowest BCUT2D eigenvalue weighted by atomic mass is 10.1. The van der Waals surface area contributed by atoms with Crippen molar-refractivity contribution in [3.63, 3.8) is 0 Å². The molecule has 1 fully saturated rings. The van der Waals surface area contributed by atoms with Crippen molar-refractivity contribution in [2.75, 3.05) is 26.3 Å². The molecule has 0 saturated carbocycles. The predicted octanol–water partition coefficient (Wildman–Crippen LogP) is 1.38. The van der Waals surface area contributed by atoms with Crippen LogP contribution in [0.2, 0.25) is 0 Å². The van der Waals surface area contributed by atoms with E-state index < -0.39 is 15.7 Å². The largest absolute Gasteiger partial charge is 0.467 e. The number of ether oxygens (including phenoxy) is 1. The van der Waals surface area contributed by atoms with E-state index in [4.69, 9.17) is 9.15 Å². The standard InChI is InChI=1S/C18H18N2O5S/c21-18(20-7-10-24-11-8-20)17-16(19-12-13-4-3-9-25-13)14-5-1-2-6-15(14)26(17,22)23/h1-6,9,19H,7-8,10-12H2. The van der Waals surface area contributed by atoms with Gasteiger partial charge >= 0.3 is 0 Å². The molecule has 2 aliphatic heterocycles. The Bertz CT molecular complexity index is 957. The Balaban J connectivity index is 1.76. The number of nitrogens with zero attached hydrogens (tertiary/aromatic N) is 1. The molecule has 0 aliphatic carbocycles. The summed E-state index contributed by atoms with van der Waals surface area (Å²) < 4.78 is 36.6. The molecule has 8 heteroatoms. The van der Waals surface area contributed by atoms with Crippen LogP contribution in [-0.2, 0) is 25.9 Å². The molecule has 136 valence electrons. The van der Waals surface area contributed by atoms with Crippen molar-refractivity contribution in [2.45, 2.75) is 11.4 Å². The predicted molar refractivity (Wildman–Crippen MR) is 93.5 cm³/mol. The summed E-state index contributed by atoms with van der Waals surface area (Å²) in [5, 5.41) is 3.09. The Morgan fingerprint density at radius 3 is 2.62 bits per heavy atom. The maximum absolute atomic E-state index is 13.0. The van der Waals surface area contributed by atoms with E-state index in [9.17, 15) is 13.2 Å². The summed E-state index contributed by atoms with van der Waals surface area (Å²) in [6.07, 6.45) is 1.55. The fourth-order valence-corrected chi connectivity index (χ4v) is 4.92. The zero-order valence-corrected chi connectivity index (χ0v) is 14.8. The second kappa shape index (κ2) is 6.62. The number of carbonyl (C=O) groups is 1. The molecule has 2 aromatic rings. The fourth-order valence-electron chi connectivity index (χ4n) is 3.17. The normalized spacial score (nSPS) is 18.7. The molecular weight excluding hydrogens is 356 g/mol. The molecule has 3 heterocycles. The maximum atomic E-state index is 13.0.